The molecule has 0 fully saturated rings. The molecule has 0 aliphatic carbocycles. The number of imidazole rings is 1. The SMILES string of the molecule is Cc1cn(-c2cccc3cnccc23)c(NC(C)C)n1. The molecule has 0 aliphatic heterocycles. The fourth-order valence-corrected chi connectivity index (χ4v) is 2.36. The van der Waals surface area contributed by atoms with Gasteiger partial charge in [-0.15, -0.1) is 0 Å². The Morgan fingerprint density at radius 1 is 1.20 bits per heavy atom. The Morgan fingerprint density at radius 2 is 2.05 bits per heavy atom. The van der Waals surface area contributed by atoms with Gasteiger partial charge in [-0.1, -0.05) is 12.1 Å². The van der Waals surface area contributed by atoms with Gasteiger partial charge in [-0.3, -0.25) is 9.55 Å². The first-order valence-electron chi connectivity index (χ1n) is 6.81. The van der Waals surface area contributed by atoms with Crippen LogP contribution in [0.15, 0.2) is 42.9 Å². The number of hydrogen-bond donors (Lipinski definition) is 1. The van der Waals surface area contributed by atoms with Crippen LogP contribution in [0.4, 0.5) is 5.95 Å². The molecule has 0 atom stereocenters. The first kappa shape index (κ1) is 12.7. The van der Waals surface area contributed by atoms with Crippen LogP contribution in [-0.2, 0) is 0 Å². The van der Waals surface area contributed by atoms with Crippen LogP contribution < -0.4 is 5.32 Å². The van der Waals surface area contributed by atoms with Gasteiger partial charge < -0.3 is 5.32 Å². The second-order valence-corrected chi connectivity index (χ2v) is 5.25. The quantitative estimate of drug-likeness (QED) is 0.788. The molecule has 0 unspecified atom stereocenters. The lowest BCUT2D eigenvalue weighted by atomic mass is 10.1. The van der Waals surface area contributed by atoms with Gasteiger partial charge in [0.05, 0.1) is 11.4 Å². The summed E-state index contributed by atoms with van der Waals surface area (Å²) >= 11 is 0. The van der Waals surface area contributed by atoms with E-state index in [1.807, 2.05) is 31.5 Å². The van der Waals surface area contributed by atoms with Crippen molar-refractivity contribution >= 4 is 16.7 Å². The molecule has 0 amide bonds. The van der Waals surface area contributed by atoms with Crippen LogP contribution in [0.25, 0.3) is 16.5 Å². The Balaban J connectivity index is 2.20. The highest BCUT2D eigenvalue weighted by Gasteiger charge is 2.10. The number of nitrogens with zero attached hydrogens (tertiary/aromatic N) is 3. The van der Waals surface area contributed by atoms with Crippen LogP contribution in [-0.4, -0.2) is 20.6 Å². The minimum Gasteiger partial charge on any atom is -0.353 e. The van der Waals surface area contributed by atoms with Crippen LogP contribution in [0.5, 0.6) is 0 Å². The summed E-state index contributed by atoms with van der Waals surface area (Å²) in [6.07, 6.45) is 5.77. The summed E-state index contributed by atoms with van der Waals surface area (Å²) in [5.74, 6) is 0.877. The maximum absolute atomic E-state index is 4.57. The maximum atomic E-state index is 4.57. The molecule has 0 bridgehead atoms. The molecule has 4 nitrogen and oxygen atoms in total. The number of aromatic nitrogens is 3. The van der Waals surface area contributed by atoms with Crippen molar-refractivity contribution < 1.29 is 0 Å². The molecule has 0 spiro atoms. The lowest BCUT2D eigenvalue weighted by Crippen LogP contribution is -2.14. The fourth-order valence-electron chi connectivity index (χ4n) is 2.36. The number of nitrogens with one attached hydrogen (secondary N) is 1. The molecule has 3 rings (SSSR count). The highest BCUT2D eigenvalue weighted by atomic mass is 15.2. The third kappa shape index (κ3) is 2.25. The van der Waals surface area contributed by atoms with E-state index in [1.54, 1.807) is 0 Å². The second-order valence-electron chi connectivity index (χ2n) is 5.25. The van der Waals surface area contributed by atoms with E-state index in [9.17, 15) is 0 Å². The Bertz CT molecular complexity index is 738. The summed E-state index contributed by atoms with van der Waals surface area (Å²) < 4.78 is 2.11. The zero-order valence-corrected chi connectivity index (χ0v) is 12.0. The second kappa shape index (κ2) is 4.96. The summed E-state index contributed by atoms with van der Waals surface area (Å²) in [7, 11) is 0. The first-order valence-corrected chi connectivity index (χ1v) is 6.81. The van der Waals surface area contributed by atoms with Crippen molar-refractivity contribution in [1.82, 2.24) is 14.5 Å². The van der Waals surface area contributed by atoms with Gasteiger partial charge in [0.1, 0.15) is 0 Å². The van der Waals surface area contributed by atoms with Gasteiger partial charge in [-0.25, -0.2) is 4.98 Å². The molecule has 1 aromatic carbocycles. The van der Waals surface area contributed by atoms with Crippen molar-refractivity contribution in [3.63, 3.8) is 0 Å². The average Bonchev–Trinajstić information content (AvgIpc) is 2.78. The largest absolute Gasteiger partial charge is 0.353 e. The van der Waals surface area contributed by atoms with Crippen molar-refractivity contribution in [2.24, 2.45) is 0 Å². The molecule has 0 radical (unpaired) electrons. The van der Waals surface area contributed by atoms with Crippen LogP contribution >= 0.6 is 0 Å². The van der Waals surface area contributed by atoms with Crippen molar-refractivity contribution in [2.75, 3.05) is 5.32 Å². The zero-order valence-electron chi connectivity index (χ0n) is 12.0. The summed E-state index contributed by atoms with van der Waals surface area (Å²) in [4.78, 5) is 8.75. The Labute approximate surface area is 118 Å². The van der Waals surface area contributed by atoms with Crippen LogP contribution in [0.2, 0.25) is 0 Å². The van der Waals surface area contributed by atoms with Crippen molar-refractivity contribution in [3.8, 4) is 5.69 Å². The molecule has 2 heterocycles. The number of rotatable bonds is 3. The van der Waals surface area contributed by atoms with Crippen LogP contribution in [0.3, 0.4) is 0 Å². The van der Waals surface area contributed by atoms with Gasteiger partial charge in [0.25, 0.3) is 0 Å². The number of anilines is 1. The van der Waals surface area contributed by atoms with E-state index in [1.165, 1.54) is 5.39 Å². The third-order valence-corrected chi connectivity index (χ3v) is 3.16. The molecule has 0 saturated heterocycles. The molecule has 3 aromatic rings. The average molecular weight is 266 g/mol. The van der Waals surface area contributed by atoms with Gasteiger partial charge >= 0.3 is 0 Å². The lowest BCUT2D eigenvalue weighted by molar-refractivity contribution is 0.865. The monoisotopic (exact) mass is 266 g/mol. The van der Waals surface area contributed by atoms with E-state index in [0.717, 1.165) is 22.7 Å². The normalized spacial score (nSPS) is 11.2. The van der Waals surface area contributed by atoms with E-state index in [0.29, 0.717) is 6.04 Å². The number of pyridine rings is 1. The van der Waals surface area contributed by atoms with Crippen molar-refractivity contribution in [2.45, 2.75) is 26.8 Å². The number of benzene rings is 1. The summed E-state index contributed by atoms with van der Waals surface area (Å²) in [5.41, 5.74) is 2.12. The van der Waals surface area contributed by atoms with Gasteiger partial charge in [0, 0.05) is 35.4 Å². The summed E-state index contributed by atoms with van der Waals surface area (Å²) in [5, 5.41) is 5.70. The standard InChI is InChI=1S/C16H18N4/c1-11(2)18-16-19-12(3)10-20(16)15-6-4-5-13-9-17-8-7-14(13)15/h4-11H,1-3H3,(H,18,19). The topological polar surface area (TPSA) is 42.7 Å². The Hall–Kier alpha value is -2.36. The van der Waals surface area contributed by atoms with E-state index < -0.39 is 0 Å². The Kier molecular flexibility index (Phi) is 3.14. The van der Waals surface area contributed by atoms with E-state index in [-0.39, 0.29) is 0 Å². The Morgan fingerprint density at radius 3 is 2.85 bits per heavy atom. The summed E-state index contributed by atoms with van der Waals surface area (Å²) in [6, 6.07) is 8.61. The van der Waals surface area contributed by atoms with Gasteiger partial charge in [-0.05, 0) is 32.9 Å². The molecule has 2 aromatic heterocycles. The van der Waals surface area contributed by atoms with Crippen molar-refractivity contribution in [3.05, 3.63) is 48.5 Å². The predicted molar refractivity (Wildman–Crippen MR) is 82.4 cm³/mol. The minimum absolute atomic E-state index is 0.340. The molecular formula is C16H18N4. The number of hydrogen-bond acceptors (Lipinski definition) is 3. The fraction of sp³-hybridized carbons (Fsp3) is 0.250. The maximum Gasteiger partial charge on any atom is 0.207 e. The zero-order chi connectivity index (χ0) is 14.1. The predicted octanol–water partition coefficient (Wildman–Crippen LogP) is 3.55. The molecule has 0 saturated carbocycles. The third-order valence-electron chi connectivity index (χ3n) is 3.16. The van der Waals surface area contributed by atoms with Crippen LogP contribution in [0.1, 0.15) is 19.5 Å². The first-order chi connectivity index (χ1) is 9.65. The van der Waals surface area contributed by atoms with E-state index >= 15 is 0 Å². The molecular weight excluding hydrogens is 248 g/mol. The molecule has 102 valence electrons. The number of fused-ring (bicyclic) bond motifs is 1. The molecule has 20 heavy (non-hydrogen) atoms. The van der Waals surface area contributed by atoms with Gasteiger partial charge in [0.15, 0.2) is 0 Å². The summed E-state index contributed by atoms with van der Waals surface area (Å²) in [6.45, 7) is 6.23. The molecule has 0 aliphatic rings. The number of aryl methyl sites for hydroxylation is 1. The van der Waals surface area contributed by atoms with Crippen LogP contribution in [0, 0.1) is 6.92 Å². The van der Waals surface area contributed by atoms with Gasteiger partial charge in [0.2, 0.25) is 5.95 Å². The van der Waals surface area contributed by atoms with E-state index in [2.05, 4.69) is 52.0 Å². The minimum atomic E-state index is 0.340. The highest BCUT2D eigenvalue weighted by Crippen LogP contribution is 2.25. The smallest absolute Gasteiger partial charge is 0.207 e. The molecule has 1 N–H and O–H groups in total. The lowest BCUT2D eigenvalue weighted by Gasteiger charge is -2.13. The molecule has 4 heteroatoms. The van der Waals surface area contributed by atoms with E-state index in [4.69, 9.17) is 0 Å². The van der Waals surface area contributed by atoms with Crippen molar-refractivity contribution in [1.29, 1.82) is 0 Å². The highest BCUT2D eigenvalue weighted by molar-refractivity contribution is 5.89. The van der Waals surface area contributed by atoms with Gasteiger partial charge in [-0.2, -0.15) is 0 Å².